The van der Waals surface area contributed by atoms with E-state index in [2.05, 4.69) is 0 Å². The number of aliphatic hydroxyl groups is 8. The smallest absolute Gasteiger partial charge is 0.239 e. The van der Waals surface area contributed by atoms with Gasteiger partial charge in [-0.1, -0.05) is 0 Å². The van der Waals surface area contributed by atoms with Crippen molar-refractivity contribution < 1.29 is 94.1 Å². The molecule has 286 valence electrons. The summed E-state index contributed by atoms with van der Waals surface area (Å²) < 4.78 is 39.5. The maximum absolute atomic E-state index is 13.8. The highest BCUT2D eigenvalue weighted by molar-refractivity contribution is 5.88. The molecule has 3 saturated heterocycles. The largest absolute Gasteiger partial charge is 0.508 e. The molecular formula is C32H38O20. The number of benzene rings is 2. The number of rotatable bonds is 8. The number of hydrogen-bond donors (Lipinski definition) is 12. The lowest BCUT2D eigenvalue weighted by Crippen LogP contribution is -2.63. The van der Waals surface area contributed by atoms with Gasteiger partial charge in [0.05, 0.1) is 19.3 Å². The van der Waals surface area contributed by atoms with Crippen LogP contribution in [0.3, 0.4) is 0 Å². The summed E-state index contributed by atoms with van der Waals surface area (Å²) in [6.07, 6.45) is -23.5. The fraction of sp³-hybridized carbons (Fsp3) is 0.531. The number of ether oxygens (including phenoxy) is 6. The molecule has 4 heterocycles. The standard InChI is InChI=1S/C32H38O20/c1-9-19(38)24(43)29(52-30-25(44)20(39)15(37)7-46-30)32(48-9)47-8-17-21(40)23(42)26(45)31(50-17)51-28-22(41)18-14(36)5-11(33)6-16(18)49-27(28)10-2-3-12(34)13(35)4-10/h2-6,9,15,17,19-21,23-26,29-40,42-45H,7-8H2,1H3/t9?,15-,17?,19+,20+,21-,23+,24?,25?,26?,29+,30+,31+,32-/m1/s1. The first-order valence-electron chi connectivity index (χ1n) is 15.9. The molecule has 1 aromatic heterocycles. The molecule has 3 fully saturated rings. The van der Waals surface area contributed by atoms with Crippen LogP contribution in [0.5, 0.6) is 28.7 Å². The molecule has 5 unspecified atom stereocenters. The van der Waals surface area contributed by atoms with Gasteiger partial charge in [0.15, 0.2) is 29.8 Å². The van der Waals surface area contributed by atoms with E-state index in [1.807, 2.05) is 0 Å². The molecule has 20 heteroatoms. The van der Waals surface area contributed by atoms with Gasteiger partial charge in [-0.05, 0) is 25.1 Å². The fourth-order valence-corrected chi connectivity index (χ4v) is 6.02. The minimum Gasteiger partial charge on any atom is -0.508 e. The van der Waals surface area contributed by atoms with E-state index in [1.165, 1.54) is 13.0 Å². The molecule has 3 aliphatic heterocycles. The summed E-state index contributed by atoms with van der Waals surface area (Å²) >= 11 is 0. The molecular weight excluding hydrogens is 704 g/mol. The van der Waals surface area contributed by atoms with Crippen molar-refractivity contribution in [1.82, 2.24) is 0 Å². The minimum absolute atomic E-state index is 0.0673. The van der Waals surface area contributed by atoms with E-state index in [0.717, 1.165) is 24.3 Å². The highest BCUT2D eigenvalue weighted by atomic mass is 16.8. The lowest BCUT2D eigenvalue weighted by molar-refractivity contribution is -0.359. The molecule has 14 atom stereocenters. The summed E-state index contributed by atoms with van der Waals surface area (Å²) in [4.78, 5) is 13.8. The maximum Gasteiger partial charge on any atom is 0.239 e. The van der Waals surface area contributed by atoms with Crippen molar-refractivity contribution in [3.05, 3.63) is 40.6 Å². The highest BCUT2D eigenvalue weighted by Gasteiger charge is 2.50. The average Bonchev–Trinajstić information content (AvgIpc) is 3.10. The van der Waals surface area contributed by atoms with Gasteiger partial charge in [-0.15, -0.1) is 0 Å². The number of hydrogen-bond acceptors (Lipinski definition) is 20. The number of aromatic hydroxyl groups is 4. The Labute approximate surface area is 292 Å². The Bertz CT molecular complexity index is 1800. The molecule has 0 amide bonds. The van der Waals surface area contributed by atoms with Gasteiger partial charge in [0, 0.05) is 17.7 Å². The van der Waals surface area contributed by atoms with E-state index in [1.54, 1.807) is 0 Å². The topological polar surface area (TPSA) is 328 Å². The van der Waals surface area contributed by atoms with Crippen LogP contribution < -0.4 is 10.2 Å². The normalized spacial score (nSPS) is 36.9. The monoisotopic (exact) mass is 742 g/mol. The van der Waals surface area contributed by atoms with Crippen LogP contribution in [0.4, 0.5) is 0 Å². The molecule has 6 rings (SSSR count). The Hall–Kier alpha value is -3.87. The van der Waals surface area contributed by atoms with Gasteiger partial charge in [-0.25, -0.2) is 0 Å². The van der Waals surface area contributed by atoms with E-state index < -0.39 is 145 Å². The molecule has 2 aromatic carbocycles. The van der Waals surface area contributed by atoms with Crippen LogP contribution in [0.1, 0.15) is 6.92 Å². The fourth-order valence-electron chi connectivity index (χ4n) is 6.02. The predicted molar refractivity (Wildman–Crippen MR) is 167 cm³/mol. The van der Waals surface area contributed by atoms with Crippen molar-refractivity contribution in [2.24, 2.45) is 0 Å². The molecule has 0 spiro atoms. The summed E-state index contributed by atoms with van der Waals surface area (Å²) in [5.74, 6) is -3.53. The van der Waals surface area contributed by atoms with Crippen LogP contribution in [0.25, 0.3) is 22.3 Å². The van der Waals surface area contributed by atoms with Gasteiger partial charge in [0.2, 0.25) is 17.5 Å². The molecule has 12 N–H and O–H groups in total. The quantitative estimate of drug-likeness (QED) is 0.101. The Kier molecular flexibility index (Phi) is 10.8. The average molecular weight is 743 g/mol. The third-order valence-electron chi connectivity index (χ3n) is 9.01. The van der Waals surface area contributed by atoms with E-state index >= 15 is 0 Å². The molecule has 0 bridgehead atoms. The Morgan fingerprint density at radius 3 is 2.15 bits per heavy atom. The lowest BCUT2D eigenvalue weighted by Gasteiger charge is -2.45. The Morgan fingerprint density at radius 1 is 0.731 bits per heavy atom. The van der Waals surface area contributed by atoms with Crippen LogP contribution in [0, 0.1) is 0 Å². The van der Waals surface area contributed by atoms with E-state index in [-0.39, 0.29) is 11.1 Å². The first kappa shape index (κ1) is 37.9. The Balaban J connectivity index is 1.27. The maximum atomic E-state index is 13.8. The predicted octanol–water partition coefficient (Wildman–Crippen LogP) is -3.22. The van der Waals surface area contributed by atoms with Crippen molar-refractivity contribution in [2.75, 3.05) is 13.2 Å². The van der Waals surface area contributed by atoms with Crippen molar-refractivity contribution in [1.29, 1.82) is 0 Å². The van der Waals surface area contributed by atoms with Gasteiger partial charge in [-0.2, -0.15) is 0 Å². The van der Waals surface area contributed by atoms with Crippen LogP contribution in [0.2, 0.25) is 0 Å². The summed E-state index contributed by atoms with van der Waals surface area (Å²) in [6.45, 7) is 0.238. The molecule has 20 nitrogen and oxygen atoms in total. The number of aliphatic hydroxyl groups excluding tert-OH is 8. The highest BCUT2D eigenvalue weighted by Crippen LogP contribution is 2.39. The molecule has 0 aliphatic carbocycles. The zero-order valence-corrected chi connectivity index (χ0v) is 27.0. The molecule has 0 radical (unpaired) electrons. The van der Waals surface area contributed by atoms with Crippen molar-refractivity contribution >= 4 is 11.0 Å². The zero-order valence-electron chi connectivity index (χ0n) is 27.0. The zero-order chi connectivity index (χ0) is 37.8. The number of fused-ring (bicyclic) bond motifs is 1. The molecule has 0 saturated carbocycles. The van der Waals surface area contributed by atoms with Gasteiger partial charge in [0.25, 0.3) is 0 Å². The van der Waals surface area contributed by atoms with Gasteiger partial charge in [-0.3, -0.25) is 4.79 Å². The van der Waals surface area contributed by atoms with Crippen molar-refractivity contribution in [3.63, 3.8) is 0 Å². The third kappa shape index (κ3) is 7.09. The number of phenolic OH excluding ortho intramolecular Hbond substituents is 4. The van der Waals surface area contributed by atoms with Crippen LogP contribution in [-0.2, 0) is 23.7 Å². The minimum atomic E-state index is -2.04. The van der Waals surface area contributed by atoms with Crippen molar-refractivity contribution in [3.8, 4) is 40.1 Å². The second-order valence-corrected chi connectivity index (χ2v) is 12.6. The van der Waals surface area contributed by atoms with E-state index in [4.69, 9.17) is 32.8 Å². The first-order valence-corrected chi connectivity index (χ1v) is 15.9. The SMILES string of the molecule is CC1O[C@@H](OCC2O[C@@H](Oc3c(-c4ccc(O)c(O)c4)oc4cc(O)cc(O)c4c3=O)C(O)[C@@H](O)[C@@H]2O)[C@@H](O[C@@H]2OC[C@@H](O)[C@H](O)C2O)C(O)[C@H]1O. The molecule has 3 aliphatic rings. The summed E-state index contributed by atoms with van der Waals surface area (Å²) in [7, 11) is 0. The Morgan fingerprint density at radius 2 is 1.44 bits per heavy atom. The van der Waals surface area contributed by atoms with Crippen molar-refractivity contribution in [2.45, 2.75) is 92.9 Å². The second kappa shape index (κ2) is 14.9. The van der Waals surface area contributed by atoms with Crippen LogP contribution in [0.15, 0.2) is 39.5 Å². The van der Waals surface area contributed by atoms with Gasteiger partial charge in [0.1, 0.15) is 83.5 Å². The van der Waals surface area contributed by atoms with E-state index in [9.17, 15) is 66.1 Å². The summed E-state index contributed by atoms with van der Waals surface area (Å²) in [5.41, 5.74) is -1.46. The second-order valence-electron chi connectivity index (χ2n) is 12.6. The number of phenols is 4. The molecule has 52 heavy (non-hydrogen) atoms. The summed E-state index contributed by atoms with van der Waals surface area (Å²) in [6, 6.07) is 5.14. The lowest BCUT2D eigenvalue weighted by atomic mass is 9.98. The van der Waals surface area contributed by atoms with Gasteiger partial charge >= 0.3 is 0 Å². The third-order valence-corrected chi connectivity index (χ3v) is 9.01. The van der Waals surface area contributed by atoms with Crippen LogP contribution >= 0.6 is 0 Å². The first-order chi connectivity index (χ1) is 24.6. The van der Waals surface area contributed by atoms with Gasteiger partial charge < -0.3 is 94.1 Å². The van der Waals surface area contributed by atoms with E-state index in [0.29, 0.717) is 0 Å². The molecule has 3 aromatic rings. The van der Waals surface area contributed by atoms with Crippen LogP contribution in [-0.4, -0.2) is 161 Å². The summed E-state index contributed by atoms with van der Waals surface area (Å²) in [5, 5.41) is 124.